The maximum absolute atomic E-state index is 12.6. The molecule has 320 valence electrons. The Morgan fingerprint density at radius 1 is 0.481 bits per heavy atom. The van der Waals surface area contributed by atoms with E-state index in [9.17, 15) is 22.9 Å². The van der Waals surface area contributed by atoms with Crippen LogP contribution >= 0.6 is 0 Å². The minimum absolute atomic E-state index is 0.283. The normalized spacial score (nSPS) is 13.3. The molecule has 0 radical (unpaired) electrons. The second-order valence-electron chi connectivity index (χ2n) is 16.4. The van der Waals surface area contributed by atoms with Gasteiger partial charge in [-0.15, -0.1) is 0 Å². The summed E-state index contributed by atoms with van der Waals surface area (Å²) in [6.07, 6.45) is 53.3. The summed E-state index contributed by atoms with van der Waals surface area (Å²) in [7, 11) is -4.35. The summed E-state index contributed by atoms with van der Waals surface area (Å²) in [4.78, 5) is 12.6. The molecule has 3 N–H and O–H groups in total. The molecule has 0 saturated heterocycles. The third kappa shape index (κ3) is 42.0. The fourth-order valence-electron chi connectivity index (χ4n) is 7.35. The van der Waals surface area contributed by atoms with Crippen LogP contribution in [0.25, 0.3) is 0 Å². The third-order valence-electron chi connectivity index (χ3n) is 10.9. The summed E-state index contributed by atoms with van der Waals surface area (Å²) in [5, 5.41) is 13.2. The molecule has 2 unspecified atom stereocenters. The van der Waals surface area contributed by atoms with Crippen LogP contribution in [-0.4, -0.2) is 41.9 Å². The highest BCUT2D eigenvalue weighted by molar-refractivity contribution is 7.85. The molecule has 0 rings (SSSR count). The van der Waals surface area contributed by atoms with E-state index in [0.717, 1.165) is 38.5 Å². The molecule has 0 aromatic carbocycles. The second-order valence-corrected chi connectivity index (χ2v) is 17.9. The van der Waals surface area contributed by atoms with Crippen molar-refractivity contribution in [3.05, 3.63) is 24.3 Å². The highest BCUT2D eigenvalue weighted by atomic mass is 32.2. The number of amides is 1. The highest BCUT2D eigenvalue weighted by Crippen LogP contribution is 2.16. The van der Waals surface area contributed by atoms with Crippen molar-refractivity contribution >= 4 is 16.0 Å². The van der Waals surface area contributed by atoms with Crippen molar-refractivity contribution in [1.29, 1.82) is 0 Å². The lowest BCUT2D eigenvalue weighted by molar-refractivity contribution is -0.122. The van der Waals surface area contributed by atoms with E-state index in [0.29, 0.717) is 6.42 Å². The Balaban J connectivity index is 3.81. The monoisotopic (exact) mass is 782 g/mol. The van der Waals surface area contributed by atoms with Crippen LogP contribution in [0.15, 0.2) is 24.3 Å². The molecule has 0 aliphatic rings. The largest absolute Gasteiger partial charge is 0.387 e. The smallest absolute Gasteiger partial charge is 0.267 e. The number of rotatable bonds is 43. The van der Waals surface area contributed by atoms with Gasteiger partial charge >= 0.3 is 0 Å². The van der Waals surface area contributed by atoms with E-state index >= 15 is 0 Å². The maximum Gasteiger partial charge on any atom is 0.267 e. The average molecular weight is 782 g/mol. The van der Waals surface area contributed by atoms with Gasteiger partial charge < -0.3 is 10.4 Å². The molecular weight excluding hydrogens is 691 g/mol. The van der Waals surface area contributed by atoms with Gasteiger partial charge in [0.15, 0.2) is 0 Å². The molecule has 0 bridgehead atoms. The molecule has 7 heteroatoms. The van der Waals surface area contributed by atoms with E-state index in [-0.39, 0.29) is 5.91 Å². The van der Waals surface area contributed by atoms with Crippen molar-refractivity contribution in [2.45, 2.75) is 264 Å². The fraction of sp³-hybridized carbons (Fsp3) is 0.894. The van der Waals surface area contributed by atoms with Crippen LogP contribution in [0.2, 0.25) is 0 Å². The zero-order valence-electron chi connectivity index (χ0n) is 35.9. The van der Waals surface area contributed by atoms with E-state index in [2.05, 4.69) is 31.3 Å². The molecule has 2 atom stereocenters. The van der Waals surface area contributed by atoms with E-state index in [1.807, 2.05) is 6.08 Å². The topological polar surface area (TPSA) is 104 Å². The highest BCUT2D eigenvalue weighted by Gasteiger charge is 2.24. The molecule has 0 spiro atoms. The van der Waals surface area contributed by atoms with E-state index < -0.39 is 28.0 Å². The Hall–Kier alpha value is -1.18. The number of carbonyl (C=O) groups is 1. The molecule has 0 saturated carbocycles. The van der Waals surface area contributed by atoms with Gasteiger partial charge in [-0.2, -0.15) is 8.42 Å². The van der Waals surface area contributed by atoms with Gasteiger partial charge in [0.25, 0.3) is 10.1 Å². The third-order valence-corrected chi connectivity index (χ3v) is 11.7. The summed E-state index contributed by atoms with van der Waals surface area (Å²) in [6, 6.07) is -1.07. The maximum atomic E-state index is 12.6. The first-order valence-corrected chi connectivity index (χ1v) is 25.1. The zero-order valence-corrected chi connectivity index (χ0v) is 36.7. The first-order valence-electron chi connectivity index (χ1n) is 23.5. The minimum Gasteiger partial charge on any atom is -0.387 e. The zero-order chi connectivity index (χ0) is 39.6. The number of carbonyl (C=O) groups excluding carboxylic acids is 1. The first-order chi connectivity index (χ1) is 26.3. The van der Waals surface area contributed by atoms with Gasteiger partial charge in [-0.3, -0.25) is 9.35 Å². The van der Waals surface area contributed by atoms with Gasteiger partial charge in [0.2, 0.25) is 5.91 Å². The number of unbranched alkanes of at least 4 members (excludes halogenated alkanes) is 33. The molecule has 0 aliphatic carbocycles. The Morgan fingerprint density at radius 2 is 0.796 bits per heavy atom. The number of hydrogen-bond donors (Lipinski definition) is 3. The van der Waals surface area contributed by atoms with Crippen molar-refractivity contribution in [3.8, 4) is 0 Å². The van der Waals surface area contributed by atoms with Gasteiger partial charge in [0.1, 0.15) is 0 Å². The Bertz CT molecular complexity index is 950. The standard InChI is InChI=1S/C47H91NO5S/c1-3-5-7-9-11-13-15-17-19-21-22-23-24-25-26-27-29-31-33-35-37-39-41-43-47(50)48-45(44-54(51,52)53)46(49)42-40-38-36-34-32-30-28-20-18-16-14-12-10-8-6-4-2/h32,34,40,42,45-46,49H,3-31,33,35-39,41,43-44H2,1-2H3,(H,48,50)(H,51,52,53)/b34-32+,42-40+. The van der Waals surface area contributed by atoms with Crippen LogP contribution in [0, 0.1) is 0 Å². The Labute approximate surface area is 336 Å². The summed E-state index contributed by atoms with van der Waals surface area (Å²) in [5.41, 5.74) is 0. The first kappa shape index (κ1) is 52.8. The SMILES string of the molecule is CCCCCCCCCCCC/C=C/CC/C=C/C(O)C(CS(=O)(=O)O)NC(=O)CCCCCCCCCCCCCCCCCCCCCCCCC. The lowest BCUT2D eigenvalue weighted by Gasteiger charge is -2.21. The number of nitrogens with one attached hydrogen (secondary N) is 1. The molecule has 0 aromatic rings. The summed E-state index contributed by atoms with van der Waals surface area (Å²) in [6.45, 7) is 4.54. The Kier molecular flexibility index (Phi) is 40.5. The van der Waals surface area contributed by atoms with Crippen LogP contribution in [0.5, 0.6) is 0 Å². The van der Waals surface area contributed by atoms with E-state index in [1.165, 1.54) is 199 Å². The molecule has 0 heterocycles. The van der Waals surface area contributed by atoms with Gasteiger partial charge in [-0.05, 0) is 32.1 Å². The number of aliphatic hydroxyl groups excluding tert-OH is 1. The minimum atomic E-state index is -4.35. The molecular formula is C47H91NO5S. The predicted octanol–water partition coefficient (Wildman–Crippen LogP) is 14.3. The molecule has 0 fully saturated rings. The number of hydrogen-bond acceptors (Lipinski definition) is 4. The summed E-state index contributed by atoms with van der Waals surface area (Å²) in [5.74, 6) is -0.989. The number of allylic oxidation sites excluding steroid dienone is 3. The molecule has 1 amide bonds. The van der Waals surface area contributed by atoms with Crippen LogP contribution in [-0.2, 0) is 14.9 Å². The second kappa shape index (κ2) is 41.5. The molecule has 0 aromatic heterocycles. The van der Waals surface area contributed by atoms with Crippen LogP contribution < -0.4 is 5.32 Å². The van der Waals surface area contributed by atoms with Crippen molar-refractivity contribution < 1.29 is 22.9 Å². The van der Waals surface area contributed by atoms with Crippen molar-refractivity contribution in [1.82, 2.24) is 5.32 Å². The summed E-state index contributed by atoms with van der Waals surface area (Å²) < 4.78 is 32.6. The lowest BCUT2D eigenvalue weighted by Crippen LogP contribution is -2.46. The van der Waals surface area contributed by atoms with E-state index in [1.54, 1.807) is 0 Å². The lowest BCUT2D eigenvalue weighted by atomic mass is 10.0. The molecule has 54 heavy (non-hydrogen) atoms. The van der Waals surface area contributed by atoms with Crippen LogP contribution in [0.3, 0.4) is 0 Å². The molecule has 0 aliphatic heterocycles. The predicted molar refractivity (Wildman–Crippen MR) is 235 cm³/mol. The van der Waals surface area contributed by atoms with Crippen LogP contribution in [0.1, 0.15) is 251 Å². The molecule has 6 nitrogen and oxygen atoms in total. The van der Waals surface area contributed by atoms with Gasteiger partial charge in [0, 0.05) is 6.42 Å². The quantitative estimate of drug-likeness (QED) is 0.0325. The van der Waals surface area contributed by atoms with Crippen LogP contribution in [0.4, 0.5) is 0 Å². The van der Waals surface area contributed by atoms with Crippen molar-refractivity contribution in [2.24, 2.45) is 0 Å². The fourth-order valence-corrected chi connectivity index (χ4v) is 8.08. The van der Waals surface area contributed by atoms with Gasteiger partial charge in [0.05, 0.1) is 17.9 Å². The summed E-state index contributed by atoms with van der Waals surface area (Å²) >= 11 is 0. The van der Waals surface area contributed by atoms with Crippen molar-refractivity contribution in [3.63, 3.8) is 0 Å². The number of aliphatic hydroxyl groups is 1. The van der Waals surface area contributed by atoms with Crippen molar-refractivity contribution in [2.75, 3.05) is 5.75 Å². The van der Waals surface area contributed by atoms with E-state index in [4.69, 9.17) is 0 Å². The van der Waals surface area contributed by atoms with Gasteiger partial charge in [-0.25, -0.2) is 0 Å². The van der Waals surface area contributed by atoms with Gasteiger partial charge in [-0.1, -0.05) is 237 Å². The Morgan fingerprint density at radius 3 is 1.17 bits per heavy atom. The average Bonchev–Trinajstić information content (AvgIpc) is 3.14.